The molecule has 1 N–H and O–H groups in total. The number of nitrogens with one attached hydrogen (secondary N) is 1. The van der Waals surface area contributed by atoms with Gasteiger partial charge in [0.2, 0.25) is 0 Å². The molecule has 0 saturated carbocycles. The van der Waals surface area contributed by atoms with Gasteiger partial charge in [-0.25, -0.2) is 9.50 Å². The Labute approximate surface area is 118 Å². The van der Waals surface area contributed by atoms with Gasteiger partial charge in [-0.3, -0.25) is 0 Å². The number of anilines is 1. The summed E-state index contributed by atoms with van der Waals surface area (Å²) in [4.78, 5) is 4.52. The van der Waals surface area contributed by atoms with Gasteiger partial charge in [-0.05, 0) is 31.4 Å². The number of aryl methyl sites for hydroxylation is 1. The van der Waals surface area contributed by atoms with E-state index in [9.17, 15) is 0 Å². The van der Waals surface area contributed by atoms with Crippen molar-refractivity contribution in [2.75, 3.05) is 5.32 Å². The second kappa shape index (κ2) is 5.74. The number of rotatable bonds is 5. The predicted octanol–water partition coefficient (Wildman–Crippen LogP) is 3.16. The summed E-state index contributed by atoms with van der Waals surface area (Å²) in [5.41, 5.74) is 2.24. The fourth-order valence-electron chi connectivity index (χ4n) is 2.25. The molecule has 0 saturated heterocycles. The Hall–Kier alpha value is -2.36. The molecule has 2 heterocycles. The molecule has 0 aliphatic carbocycles. The van der Waals surface area contributed by atoms with Gasteiger partial charge in [0, 0.05) is 18.3 Å². The molecular formula is C16H18N4. The van der Waals surface area contributed by atoms with Crippen LogP contribution in [-0.4, -0.2) is 20.6 Å². The summed E-state index contributed by atoms with van der Waals surface area (Å²) in [6, 6.07) is 14.8. The second-order valence-corrected chi connectivity index (χ2v) is 5.02. The Kier molecular flexibility index (Phi) is 3.63. The molecule has 0 bridgehead atoms. The summed E-state index contributed by atoms with van der Waals surface area (Å²) >= 11 is 0. The van der Waals surface area contributed by atoms with Crippen LogP contribution in [0.3, 0.4) is 0 Å². The largest absolute Gasteiger partial charge is 0.367 e. The van der Waals surface area contributed by atoms with Gasteiger partial charge in [-0.1, -0.05) is 30.3 Å². The third-order valence-corrected chi connectivity index (χ3v) is 3.36. The minimum Gasteiger partial charge on any atom is -0.367 e. The monoisotopic (exact) mass is 266 g/mol. The molecule has 3 rings (SSSR count). The molecule has 1 unspecified atom stereocenters. The van der Waals surface area contributed by atoms with Crippen molar-refractivity contribution in [1.29, 1.82) is 0 Å². The van der Waals surface area contributed by atoms with Crippen molar-refractivity contribution < 1.29 is 0 Å². The van der Waals surface area contributed by atoms with Gasteiger partial charge in [-0.2, -0.15) is 5.10 Å². The highest BCUT2D eigenvalue weighted by Crippen LogP contribution is 2.11. The number of hydrogen-bond donors (Lipinski definition) is 1. The summed E-state index contributed by atoms with van der Waals surface area (Å²) < 4.78 is 1.76. The lowest BCUT2D eigenvalue weighted by molar-refractivity contribution is 0.702. The zero-order valence-corrected chi connectivity index (χ0v) is 11.5. The van der Waals surface area contributed by atoms with Crippen molar-refractivity contribution in [3.63, 3.8) is 0 Å². The molecule has 4 heteroatoms. The Morgan fingerprint density at radius 2 is 2.00 bits per heavy atom. The van der Waals surface area contributed by atoms with Gasteiger partial charge in [0.05, 0.1) is 6.20 Å². The van der Waals surface area contributed by atoms with Crippen LogP contribution < -0.4 is 5.32 Å². The van der Waals surface area contributed by atoms with Crippen molar-refractivity contribution in [3.05, 3.63) is 60.4 Å². The van der Waals surface area contributed by atoms with Crippen LogP contribution in [0.4, 0.5) is 5.82 Å². The Bertz CT molecular complexity index is 675. The molecule has 0 aliphatic heterocycles. The number of nitrogens with zero attached hydrogens (tertiary/aromatic N) is 3. The first-order valence-corrected chi connectivity index (χ1v) is 6.92. The van der Waals surface area contributed by atoms with Crippen LogP contribution >= 0.6 is 0 Å². The van der Waals surface area contributed by atoms with Crippen LogP contribution in [0, 0.1) is 0 Å². The van der Waals surface area contributed by atoms with Crippen molar-refractivity contribution >= 4 is 11.5 Å². The normalized spacial score (nSPS) is 12.4. The van der Waals surface area contributed by atoms with Crippen molar-refractivity contribution in [3.8, 4) is 0 Å². The molecule has 0 spiro atoms. The lowest BCUT2D eigenvalue weighted by atomic mass is 10.1. The summed E-state index contributed by atoms with van der Waals surface area (Å²) in [5.74, 6) is 0.901. The summed E-state index contributed by atoms with van der Waals surface area (Å²) in [7, 11) is 0. The smallest absolute Gasteiger partial charge is 0.157 e. The van der Waals surface area contributed by atoms with Crippen LogP contribution in [0.5, 0.6) is 0 Å². The van der Waals surface area contributed by atoms with Crippen LogP contribution in [0.25, 0.3) is 5.65 Å². The summed E-state index contributed by atoms with van der Waals surface area (Å²) in [6.45, 7) is 2.19. The van der Waals surface area contributed by atoms with Crippen molar-refractivity contribution in [2.24, 2.45) is 0 Å². The molecule has 0 amide bonds. The Morgan fingerprint density at radius 1 is 1.15 bits per heavy atom. The molecule has 1 atom stereocenters. The second-order valence-electron chi connectivity index (χ2n) is 5.02. The van der Waals surface area contributed by atoms with E-state index in [1.807, 2.05) is 18.3 Å². The van der Waals surface area contributed by atoms with Crippen LogP contribution in [0.2, 0.25) is 0 Å². The van der Waals surface area contributed by atoms with E-state index in [4.69, 9.17) is 0 Å². The molecule has 0 radical (unpaired) electrons. The molecule has 2 aromatic heterocycles. The maximum Gasteiger partial charge on any atom is 0.157 e. The van der Waals surface area contributed by atoms with Gasteiger partial charge >= 0.3 is 0 Å². The van der Waals surface area contributed by atoms with Gasteiger partial charge in [0.1, 0.15) is 5.82 Å². The third-order valence-electron chi connectivity index (χ3n) is 3.36. The standard InChI is InChI=1S/C16H18N4/c1-13(7-8-14-5-3-2-4-6-14)18-15-10-12-20-16(19-15)9-11-17-20/h2-6,9-13H,7-8H2,1H3,(H,18,19). The topological polar surface area (TPSA) is 42.2 Å². The summed E-state index contributed by atoms with van der Waals surface area (Å²) in [6.07, 6.45) is 5.83. The highest BCUT2D eigenvalue weighted by molar-refractivity contribution is 5.45. The van der Waals surface area contributed by atoms with E-state index in [0.717, 1.165) is 24.3 Å². The van der Waals surface area contributed by atoms with E-state index in [2.05, 4.69) is 52.7 Å². The van der Waals surface area contributed by atoms with Gasteiger partial charge in [0.15, 0.2) is 5.65 Å². The number of fused-ring (bicyclic) bond motifs is 1. The number of benzene rings is 1. The fourth-order valence-corrected chi connectivity index (χ4v) is 2.25. The maximum absolute atomic E-state index is 4.52. The van der Waals surface area contributed by atoms with E-state index in [1.165, 1.54) is 5.56 Å². The van der Waals surface area contributed by atoms with E-state index in [1.54, 1.807) is 10.7 Å². The van der Waals surface area contributed by atoms with Crippen LogP contribution in [0.15, 0.2) is 54.9 Å². The predicted molar refractivity (Wildman–Crippen MR) is 80.8 cm³/mol. The van der Waals surface area contributed by atoms with Crippen LogP contribution in [-0.2, 0) is 6.42 Å². The first-order valence-electron chi connectivity index (χ1n) is 6.92. The average Bonchev–Trinajstić information content (AvgIpc) is 2.94. The van der Waals surface area contributed by atoms with Crippen LogP contribution in [0.1, 0.15) is 18.9 Å². The van der Waals surface area contributed by atoms with Gasteiger partial charge in [-0.15, -0.1) is 0 Å². The fraction of sp³-hybridized carbons (Fsp3) is 0.250. The molecule has 0 aliphatic rings. The zero-order chi connectivity index (χ0) is 13.8. The number of hydrogen-bond acceptors (Lipinski definition) is 3. The molecule has 3 aromatic rings. The zero-order valence-electron chi connectivity index (χ0n) is 11.5. The minimum absolute atomic E-state index is 0.382. The van der Waals surface area contributed by atoms with Gasteiger partial charge in [0.25, 0.3) is 0 Å². The number of aromatic nitrogens is 3. The average molecular weight is 266 g/mol. The lowest BCUT2D eigenvalue weighted by Crippen LogP contribution is -2.17. The first-order chi connectivity index (χ1) is 9.81. The Balaban J connectivity index is 1.59. The molecule has 4 nitrogen and oxygen atoms in total. The Morgan fingerprint density at radius 3 is 2.85 bits per heavy atom. The first kappa shape index (κ1) is 12.7. The van der Waals surface area contributed by atoms with E-state index < -0.39 is 0 Å². The highest BCUT2D eigenvalue weighted by atomic mass is 15.2. The summed E-state index contributed by atoms with van der Waals surface area (Å²) in [5, 5.41) is 7.58. The lowest BCUT2D eigenvalue weighted by Gasteiger charge is -2.14. The molecule has 102 valence electrons. The highest BCUT2D eigenvalue weighted by Gasteiger charge is 2.04. The third kappa shape index (κ3) is 2.96. The molecular weight excluding hydrogens is 248 g/mol. The van der Waals surface area contributed by atoms with Crippen molar-refractivity contribution in [2.45, 2.75) is 25.8 Å². The van der Waals surface area contributed by atoms with E-state index in [0.29, 0.717) is 6.04 Å². The molecule has 0 fully saturated rings. The van der Waals surface area contributed by atoms with Gasteiger partial charge < -0.3 is 5.32 Å². The molecule has 1 aromatic carbocycles. The van der Waals surface area contributed by atoms with E-state index >= 15 is 0 Å². The van der Waals surface area contributed by atoms with Crippen molar-refractivity contribution in [1.82, 2.24) is 14.6 Å². The molecule has 20 heavy (non-hydrogen) atoms. The van der Waals surface area contributed by atoms with E-state index in [-0.39, 0.29) is 0 Å². The maximum atomic E-state index is 4.52. The minimum atomic E-state index is 0.382. The SMILES string of the molecule is CC(CCc1ccccc1)Nc1ccn2nccc2n1. The quantitative estimate of drug-likeness (QED) is 0.771.